The van der Waals surface area contributed by atoms with Crippen LogP contribution in [0.5, 0.6) is 0 Å². The van der Waals surface area contributed by atoms with Crippen molar-refractivity contribution in [2.24, 2.45) is 0 Å². The molecular weight excluding hydrogens is 285 g/mol. The Bertz CT molecular complexity index is 506. The van der Waals surface area contributed by atoms with Crippen LogP contribution in [0, 0.1) is 0 Å². The first-order chi connectivity index (χ1) is 10.1. The summed E-state index contributed by atoms with van der Waals surface area (Å²) in [6.07, 6.45) is 3.08. The predicted octanol–water partition coefficient (Wildman–Crippen LogP) is 2.62. The molecule has 5 nitrogen and oxygen atoms in total. The summed E-state index contributed by atoms with van der Waals surface area (Å²) < 4.78 is 18.9. The fourth-order valence-electron chi connectivity index (χ4n) is 2.72. The van der Waals surface area contributed by atoms with Gasteiger partial charge in [-0.3, -0.25) is 4.90 Å². The molecule has 0 saturated carbocycles. The number of carbonyl (C=O) groups excluding carboxylic acids is 1. The molecule has 2 rings (SSSR count). The average Bonchev–Trinajstić information content (AvgIpc) is 2.35. The van der Waals surface area contributed by atoms with Crippen LogP contribution in [-0.2, 0) is 4.74 Å². The zero-order valence-corrected chi connectivity index (χ0v) is 14.1. The number of rotatable bonds is 1. The van der Waals surface area contributed by atoms with Gasteiger partial charge < -0.3 is 15.0 Å². The molecule has 0 unspecified atom stereocenters. The number of nitrogens with one attached hydrogen (secondary N) is 1. The van der Waals surface area contributed by atoms with Crippen molar-refractivity contribution in [3.05, 3.63) is 23.8 Å². The second-order valence-electron chi connectivity index (χ2n) is 7.41. The van der Waals surface area contributed by atoms with Crippen molar-refractivity contribution in [2.45, 2.75) is 45.8 Å². The van der Waals surface area contributed by atoms with Gasteiger partial charge in [0.1, 0.15) is 11.4 Å². The van der Waals surface area contributed by atoms with E-state index in [1.165, 1.54) is 0 Å². The highest BCUT2D eigenvalue weighted by molar-refractivity contribution is 5.69. The van der Waals surface area contributed by atoms with Gasteiger partial charge in [0.25, 0.3) is 0 Å². The zero-order chi connectivity index (χ0) is 16.5. The van der Waals surface area contributed by atoms with Crippen LogP contribution in [-0.4, -0.2) is 53.2 Å². The minimum absolute atomic E-state index is 0.176. The Hall–Kier alpha value is -1.72. The van der Waals surface area contributed by atoms with E-state index in [0.29, 0.717) is 19.6 Å². The lowest BCUT2D eigenvalue weighted by Gasteiger charge is -2.48. The molecule has 124 valence electrons. The van der Waals surface area contributed by atoms with Crippen molar-refractivity contribution in [1.82, 2.24) is 15.1 Å². The number of nitrogens with zero attached hydrogens (tertiary/aromatic N) is 2. The van der Waals surface area contributed by atoms with Crippen LogP contribution in [0.2, 0.25) is 0 Å². The largest absolute Gasteiger partial charge is 0.444 e. The number of hydrogen-bond acceptors (Lipinski definition) is 4. The van der Waals surface area contributed by atoms with Crippen molar-refractivity contribution < 1.29 is 13.9 Å². The van der Waals surface area contributed by atoms with Gasteiger partial charge in [-0.2, -0.15) is 0 Å². The average molecular weight is 311 g/mol. The summed E-state index contributed by atoms with van der Waals surface area (Å²) in [4.78, 5) is 16.2. The maximum atomic E-state index is 13.4. The van der Waals surface area contributed by atoms with Crippen molar-refractivity contribution in [2.75, 3.05) is 26.2 Å². The lowest BCUT2D eigenvalue weighted by Crippen LogP contribution is -2.61. The standard InChI is InChI=1S/C16H26FN3O2/c1-15(2,3)22-14(21)20-7-6-19(11-16(20,4)5)13-8-12(17)9-18-10-13/h8,10,18H,6-7,9,11H2,1-5H3. The predicted molar refractivity (Wildman–Crippen MR) is 83.9 cm³/mol. The molecule has 2 aliphatic rings. The van der Waals surface area contributed by atoms with E-state index >= 15 is 0 Å². The Morgan fingerprint density at radius 1 is 1.36 bits per heavy atom. The minimum Gasteiger partial charge on any atom is -0.444 e. The summed E-state index contributed by atoms with van der Waals surface area (Å²) in [5.74, 6) is -0.176. The van der Waals surface area contributed by atoms with Gasteiger partial charge in [0.05, 0.1) is 17.8 Å². The fraction of sp³-hybridized carbons (Fsp3) is 0.688. The fourth-order valence-corrected chi connectivity index (χ4v) is 2.72. The molecule has 0 spiro atoms. The number of allylic oxidation sites excluding steroid dienone is 1. The van der Waals surface area contributed by atoms with Crippen molar-refractivity contribution in [1.29, 1.82) is 0 Å². The molecule has 1 N–H and O–H groups in total. The topological polar surface area (TPSA) is 44.8 Å². The summed E-state index contributed by atoms with van der Waals surface area (Å²) in [6, 6.07) is 0. The summed E-state index contributed by atoms with van der Waals surface area (Å²) >= 11 is 0. The Kier molecular flexibility index (Phi) is 4.40. The second kappa shape index (κ2) is 5.82. The summed E-state index contributed by atoms with van der Waals surface area (Å²) in [7, 11) is 0. The van der Waals surface area contributed by atoms with E-state index in [1.807, 2.05) is 40.8 Å². The van der Waals surface area contributed by atoms with E-state index < -0.39 is 5.60 Å². The maximum absolute atomic E-state index is 13.4. The molecule has 2 aliphatic heterocycles. The van der Waals surface area contributed by atoms with Gasteiger partial charge in [-0.25, -0.2) is 9.18 Å². The summed E-state index contributed by atoms with van der Waals surface area (Å²) in [5, 5.41) is 2.92. The molecule has 2 heterocycles. The molecule has 0 radical (unpaired) electrons. The van der Waals surface area contributed by atoms with E-state index in [0.717, 1.165) is 5.70 Å². The van der Waals surface area contributed by atoms with Crippen LogP contribution in [0.1, 0.15) is 34.6 Å². The summed E-state index contributed by atoms with van der Waals surface area (Å²) in [5.41, 5.74) is -0.0736. The third-order valence-electron chi connectivity index (χ3n) is 3.71. The van der Waals surface area contributed by atoms with E-state index in [4.69, 9.17) is 4.74 Å². The van der Waals surface area contributed by atoms with E-state index in [9.17, 15) is 9.18 Å². The molecular formula is C16H26FN3O2. The van der Waals surface area contributed by atoms with Gasteiger partial charge in [-0.1, -0.05) is 0 Å². The number of carbonyl (C=O) groups is 1. The number of ether oxygens (including phenoxy) is 1. The lowest BCUT2D eigenvalue weighted by atomic mass is 9.98. The van der Waals surface area contributed by atoms with Gasteiger partial charge >= 0.3 is 6.09 Å². The lowest BCUT2D eigenvalue weighted by molar-refractivity contribution is -0.0173. The Morgan fingerprint density at radius 2 is 2.05 bits per heavy atom. The van der Waals surface area contributed by atoms with E-state index in [-0.39, 0.29) is 24.0 Å². The Balaban J connectivity index is 2.06. The van der Waals surface area contributed by atoms with E-state index in [2.05, 4.69) is 10.2 Å². The summed E-state index contributed by atoms with van der Waals surface area (Å²) in [6.45, 7) is 11.7. The van der Waals surface area contributed by atoms with Gasteiger partial charge in [-0.15, -0.1) is 0 Å². The highest BCUT2D eigenvalue weighted by atomic mass is 19.1. The molecule has 0 bridgehead atoms. The van der Waals surface area contributed by atoms with Crippen molar-refractivity contribution in [3.63, 3.8) is 0 Å². The Morgan fingerprint density at radius 3 is 2.59 bits per heavy atom. The number of amides is 1. The van der Waals surface area contributed by atoms with Crippen LogP contribution in [0.25, 0.3) is 0 Å². The molecule has 0 aliphatic carbocycles. The van der Waals surface area contributed by atoms with Gasteiger partial charge in [0.2, 0.25) is 0 Å². The van der Waals surface area contributed by atoms with Crippen molar-refractivity contribution >= 4 is 6.09 Å². The van der Waals surface area contributed by atoms with Crippen LogP contribution >= 0.6 is 0 Å². The number of piperazine rings is 1. The molecule has 6 heteroatoms. The molecule has 22 heavy (non-hydrogen) atoms. The number of dihydropyridines is 1. The van der Waals surface area contributed by atoms with Crippen LogP contribution in [0.15, 0.2) is 23.8 Å². The minimum atomic E-state index is -0.508. The highest BCUT2D eigenvalue weighted by Crippen LogP contribution is 2.27. The smallest absolute Gasteiger partial charge is 0.410 e. The molecule has 0 aromatic heterocycles. The monoisotopic (exact) mass is 311 g/mol. The molecule has 0 aromatic rings. The number of hydrogen-bond donors (Lipinski definition) is 1. The van der Waals surface area contributed by atoms with Crippen LogP contribution in [0.3, 0.4) is 0 Å². The highest BCUT2D eigenvalue weighted by Gasteiger charge is 2.39. The van der Waals surface area contributed by atoms with E-state index in [1.54, 1.807) is 11.0 Å². The third kappa shape index (κ3) is 3.93. The second-order valence-corrected chi connectivity index (χ2v) is 7.41. The Labute approximate surface area is 131 Å². The van der Waals surface area contributed by atoms with Crippen molar-refractivity contribution in [3.8, 4) is 0 Å². The molecule has 1 fully saturated rings. The molecule has 0 aromatic carbocycles. The quantitative estimate of drug-likeness (QED) is 0.808. The number of halogens is 1. The zero-order valence-electron chi connectivity index (χ0n) is 14.1. The first-order valence-electron chi connectivity index (χ1n) is 7.64. The normalized spacial score (nSPS) is 21.7. The van der Waals surface area contributed by atoms with Gasteiger partial charge in [-0.05, 0) is 40.7 Å². The molecule has 1 amide bonds. The maximum Gasteiger partial charge on any atom is 0.410 e. The molecule has 1 saturated heterocycles. The van der Waals surface area contributed by atoms with Crippen LogP contribution < -0.4 is 5.32 Å². The van der Waals surface area contributed by atoms with Gasteiger partial charge in [0, 0.05) is 25.8 Å². The first-order valence-corrected chi connectivity index (χ1v) is 7.64. The SMILES string of the molecule is CC(C)(C)OC(=O)N1CCN(C2=CNCC(F)=C2)CC1(C)C. The third-order valence-corrected chi connectivity index (χ3v) is 3.71. The first kappa shape index (κ1) is 16.6. The van der Waals surface area contributed by atoms with Gasteiger partial charge in [0.15, 0.2) is 0 Å². The van der Waals surface area contributed by atoms with Crippen LogP contribution in [0.4, 0.5) is 9.18 Å². The molecule has 0 atom stereocenters.